The molecule has 21 heavy (non-hydrogen) atoms. The number of nitrogens with zero attached hydrogens (tertiary/aromatic N) is 3. The fourth-order valence-electron chi connectivity index (χ4n) is 1.75. The van der Waals surface area contributed by atoms with Crippen molar-refractivity contribution >= 4 is 18.1 Å². The Labute approximate surface area is 131 Å². The molecule has 0 aliphatic carbocycles. The first-order valence-electron chi connectivity index (χ1n) is 6.60. The molecule has 5 nitrogen and oxygen atoms in total. The highest BCUT2D eigenvalue weighted by atomic mass is 35.5. The van der Waals surface area contributed by atoms with E-state index >= 15 is 0 Å². The Bertz CT molecular complexity index is 528. The van der Waals surface area contributed by atoms with Crippen molar-refractivity contribution in [2.45, 2.75) is 6.42 Å². The summed E-state index contributed by atoms with van der Waals surface area (Å²) in [5, 5.41) is 0. The molecule has 0 aromatic carbocycles. The molecule has 6 heteroatoms. The molecule has 2 aromatic rings. The van der Waals surface area contributed by atoms with Crippen molar-refractivity contribution in [2.24, 2.45) is 0 Å². The van der Waals surface area contributed by atoms with Crippen LogP contribution in [-0.4, -0.2) is 42.1 Å². The van der Waals surface area contributed by atoms with Gasteiger partial charge in [-0.15, -0.1) is 12.4 Å². The van der Waals surface area contributed by atoms with E-state index in [0.717, 1.165) is 24.2 Å². The maximum absolute atomic E-state index is 5.62. The van der Waals surface area contributed by atoms with Gasteiger partial charge >= 0.3 is 0 Å². The molecule has 0 aliphatic rings. The monoisotopic (exact) mass is 308 g/mol. The van der Waals surface area contributed by atoms with Crippen LogP contribution in [0, 0.1) is 0 Å². The van der Waals surface area contributed by atoms with E-state index in [-0.39, 0.29) is 12.4 Å². The first-order chi connectivity index (χ1) is 9.65. The lowest BCUT2D eigenvalue weighted by atomic mass is 10.2. The van der Waals surface area contributed by atoms with Gasteiger partial charge in [-0.05, 0) is 38.7 Å². The lowest BCUT2D eigenvalue weighted by molar-refractivity contribution is 0.273. The summed E-state index contributed by atoms with van der Waals surface area (Å²) in [6.07, 6.45) is 4.39. The van der Waals surface area contributed by atoms with Crippen molar-refractivity contribution in [3.8, 4) is 17.1 Å². The van der Waals surface area contributed by atoms with Gasteiger partial charge in [0.1, 0.15) is 0 Å². The molecule has 0 saturated carbocycles. The molecular formula is C15H21ClN4O. The van der Waals surface area contributed by atoms with Crippen molar-refractivity contribution in [3.05, 3.63) is 36.7 Å². The van der Waals surface area contributed by atoms with Crippen LogP contribution in [0.1, 0.15) is 6.42 Å². The highest BCUT2D eigenvalue weighted by molar-refractivity contribution is 5.85. The third kappa shape index (κ3) is 5.57. The van der Waals surface area contributed by atoms with Crippen LogP contribution in [0.3, 0.4) is 0 Å². The Morgan fingerprint density at radius 1 is 1.10 bits per heavy atom. The number of nitrogens with two attached hydrogens (primary N) is 1. The number of aromatic nitrogens is 2. The summed E-state index contributed by atoms with van der Waals surface area (Å²) in [6, 6.07) is 7.52. The van der Waals surface area contributed by atoms with E-state index in [9.17, 15) is 0 Å². The molecule has 2 aromatic heterocycles. The zero-order chi connectivity index (χ0) is 14.4. The van der Waals surface area contributed by atoms with E-state index in [4.69, 9.17) is 10.5 Å². The largest absolute Gasteiger partial charge is 0.478 e. The Morgan fingerprint density at radius 3 is 2.48 bits per heavy atom. The van der Waals surface area contributed by atoms with Gasteiger partial charge in [0, 0.05) is 24.4 Å². The minimum atomic E-state index is 0. The van der Waals surface area contributed by atoms with Crippen LogP contribution in [0.4, 0.5) is 5.69 Å². The third-order valence-corrected chi connectivity index (χ3v) is 2.82. The Kier molecular flexibility index (Phi) is 6.91. The van der Waals surface area contributed by atoms with Crippen LogP contribution in [0.15, 0.2) is 36.7 Å². The summed E-state index contributed by atoms with van der Waals surface area (Å²) in [4.78, 5) is 10.7. The summed E-state index contributed by atoms with van der Waals surface area (Å²) >= 11 is 0. The van der Waals surface area contributed by atoms with Gasteiger partial charge in [0.05, 0.1) is 24.2 Å². The number of pyridine rings is 2. The van der Waals surface area contributed by atoms with Gasteiger partial charge in [0.15, 0.2) is 0 Å². The number of ether oxygens (including phenoxy) is 1. The van der Waals surface area contributed by atoms with E-state index < -0.39 is 0 Å². The van der Waals surface area contributed by atoms with Crippen LogP contribution in [0.2, 0.25) is 0 Å². The highest BCUT2D eigenvalue weighted by Gasteiger charge is 2.01. The topological polar surface area (TPSA) is 64.3 Å². The molecule has 0 bridgehead atoms. The third-order valence-electron chi connectivity index (χ3n) is 2.82. The predicted octanol–water partition coefficient (Wildman–Crippen LogP) is 2.48. The normalized spacial score (nSPS) is 10.2. The number of rotatable bonds is 6. The number of hydrogen-bond donors (Lipinski definition) is 1. The fraction of sp³-hybridized carbons (Fsp3) is 0.333. The number of hydrogen-bond acceptors (Lipinski definition) is 5. The van der Waals surface area contributed by atoms with Gasteiger partial charge < -0.3 is 15.4 Å². The molecule has 0 aliphatic heterocycles. The number of halogens is 1. The molecule has 0 atom stereocenters. The Hall–Kier alpha value is -1.85. The molecule has 0 amide bonds. The molecule has 0 spiro atoms. The number of nitrogen functional groups attached to an aromatic ring is 1. The molecule has 0 unspecified atom stereocenters. The molecule has 2 rings (SSSR count). The van der Waals surface area contributed by atoms with Crippen LogP contribution in [-0.2, 0) is 0 Å². The molecule has 114 valence electrons. The van der Waals surface area contributed by atoms with Gasteiger partial charge in [-0.2, -0.15) is 0 Å². The van der Waals surface area contributed by atoms with E-state index in [1.165, 1.54) is 0 Å². The lowest BCUT2D eigenvalue weighted by Crippen LogP contribution is -2.15. The molecule has 0 saturated heterocycles. The standard InChI is InChI=1S/C15H20N4O.ClH/c1-19(2)8-3-9-20-15-7-4-12(10-18-15)14-6-5-13(16)11-17-14;/h4-7,10-11H,3,8-9,16H2,1-2H3;1H. The minimum Gasteiger partial charge on any atom is -0.478 e. The summed E-state index contributed by atoms with van der Waals surface area (Å²) in [6.45, 7) is 1.68. The van der Waals surface area contributed by atoms with E-state index in [1.54, 1.807) is 12.4 Å². The van der Waals surface area contributed by atoms with Gasteiger partial charge in [0.25, 0.3) is 0 Å². The zero-order valence-corrected chi connectivity index (χ0v) is 13.1. The average Bonchev–Trinajstić information content (AvgIpc) is 2.45. The lowest BCUT2D eigenvalue weighted by Gasteiger charge is -2.10. The van der Waals surface area contributed by atoms with E-state index in [1.807, 2.05) is 38.4 Å². The average molecular weight is 309 g/mol. The zero-order valence-electron chi connectivity index (χ0n) is 12.3. The molecule has 0 fully saturated rings. The molecule has 0 radical (unpaired) electrons. The van der Waals surface area contributed by atoms with Crippen molar-refractivity contribution < 1.29 is 4.74 Å². The van der Waals surface area contributed by atoms with Crippen molar-refractivity contribution in [1.29, 1.82) is 0 Å². The first-order valence-corrected chi connectivity index (χ1v) is 6.60. The van der Waals surface area contributed by atoms with Crippen LogP contribution < -0.4 is 10.5 Å². The van der Waals surface area contributed by atoms with Crippen LogP contribution in [0.25, 0.3) is 11.3 Å². The van der Waals surface area contributed by atoms with E-state index in [2.05, 4.69) is 14.9 Å². The van der Waals surface area contributed by atoms with Gasteiger partial charge in [0.2, 0.25) is 5.88 Å². The molecule has 2 heterocycles. The maximum Gasteiger partial charge on any atom is 0.213 e. The summed E-state index contributed by atoms with van der Waals surface area (Å²) in [7, 11) is 4.10. The quantitative estimate of drug-likeness (QED) is 0.831. The Balaban J connectivity index is 0.00000220. The second-order valence-electron chi connectivity index (χ2n) is 4.87. The van der Waals surface area contributed by atoms with E-state index in [0.29, 0.717) is 18.2 Å². The SMILES string of the molecule is CN(C)CCCOc1ccc(-c2ccc(N)cn2)cn1.Cl. The number of anilines is 1. The summed E-state index contributed by atoms with van der Waals surface area (Å²) in [5.41, 5.74) is 8.07. The van der Waals surface area contributed by atoms with Crippen LogP contribution in [0.5, 0.6) is 5.88 Å². The second kappa shape index (κ2) is 8.44. The first kappa shape index (κ1) is 17.2. The van der Waals surface area contributed by atoms with Crippen molar-refractivity contribution in [1.82, 2.24) is 14.9 Å². The fourth-order valence-corrected chi connectivity index (χ4v) is 1.75. The molecular weight excluding hydrogens is 288 g/mol. The van der Waals surface area contributed by atoms with Gasteiger partial charge in [-0.25, -0.2) is 4.98 Å². The van der Waals surface area contributed by atoms with Crippen LogP contribution >= 0.6 is 12.4 Å². The minimum absolute atomic E-state index is 0. The molecule has 2 N–H and O–H groups in total. The summed E-state index contributed by atoms with van der Waals surface area (Å²) < 4.78 is 5.59. The van der Waals surface area contributed by atoms with Gasteiger partial charge in [-0.3, -0.25) is 4.98 Å². The van der Waals surface area contributed by atoms with Crippen molar-refractivity contribution in [3.63, 3.8) is 0 Å². The highest BCUT2D eigenvalue weighted by Crippen LogP contribution is 2.18. The predicted molar refractivity (Wildman–Crippen MR) is 87.8 cm³/mol. The van der Waals surface area contributed by atoms with Crippen molar-refractivity contribution in [2.75, 3.05) is 33.0 Å². The second-order valence-corrected chi connectivity index (χ2v) is 4.87. The smallest absolute Gasteiger partial charge is 0.213 e. The van der Waals surface area contributed by atoms with Gasteiger partial charge in [-0.1, -0.05) is 0 Å². The maximum atomic E-state index is 5.62. The Morgan fingerprint density at radius 2 is 1.90 bits per heavy atom. The summed E-state index contributed by atoms with van der Waals surface area (Å²) in [5.74, 6) is 0.642.